The van der Waals surface area contributed by atoms with E-state index in [0.29, 0.717) is 5.92 Å². The molecule has 3 rings (SSSR count). The number of piperidine rings is 1. The summed E-state index contributed by atoms with van der Waals surface area (Å²) in [6, 6.07) is 6.09. The number of aliphatic hydroxyl groups excluding tert-OH is 1. The molecule has 1 unspecified atom stereocenters. The topological polar surface area (TPSA) is 65.6 Å². The predicted octanol–water partition coefficient (Wildman–Crippen LogP) is 3.29. The third-order valence-electron chi connectivity index (χ3n) is 5.36. The minimum atomic E-state index is -0.550. The maximum Gasteiger partial charge on any atom is 0.225 e. The van der Waals surface area contributed by atoms with E-state index in [4.69, 9.17) is 4.74 Å². The van der Waals surface area contributed by atoms with Gasteiger partial charge in [0.25, 0.3) is 0 Å². The number of aromatic amines is 1. The average Bonchev–Trinajstić information content (AvgIpc) is 3.04. The number of H-pyrrole nitrogens is 1. The molecule has 1 aliphatic heterocycles. The van der Waals surface area contributed by atoms with Crippen molar-refractivity contribution >= 4 is 16.8 Å². The normalized spacial score (nSPS) is 17.2. The number of ether oxygens (including phenoxy) is 1. The SMILES string of the molecule is COc1ccc2[nH]cc(C3CCN(C(=O)CC(O)C(C)C)CC3)c2c1. The fourth-order valence-corrected chi connectivity index (χ4v) is 3.57. The van der Waals surface area contributed by atoms with Crippen molar-refractivity contribution < 1.29 is 14.6 Å². The van der Waals surface area contributed by atoms with Gasteiger partial charge in [-0.3, -0.25) is 4.79 Å². The van der Waals surface area contributed by atoms with E-state index in [1.165, 1.54) is 10.9 Å². The lowest BCUT2D eigenvalue weighted by Crippen LogP contribution is -2.39. The van der Waals surface area contributed by atoms with Crippen LogP contribution in [0.3, 0.4) is 0 Å². The Bertz CT molecular complexity index is 730. The number of likely N-dealkylation sites (tertiary alicyclic amines) is 1. The largest absolute Gasteiger partial charge is 0.497 e. The van der Waals surface area contributed by atoms with Crippen molar-refractivity contribution in [1.82, 2.24) is 9.88 Å². The highest BCUT2D eigenvalue weighted by Crippen LogP contribution is 2.34. The van der Waals surface area contributed by atoms with Gasteiger partial charge in [0.15, 0.2) is 0 Å². The van der Waals surface area contributed by atoms with Crippen LogP contribution in [0, 0.1) is 5.92 Å². The number of methoxy groups -OCH3 is 1. The molecule has 5 nitrogen and oxygen atoms in total. The van der Waals surface area contributed by atoms with Gasteiger partial charge in [-0.1, -0.05) is 13.8 Å². The molecule has 1 atom stereocenters. The van der Waals surface area contributed by atoms with Gasteiger partial charge in [-0.25, -0.2) is 0 Å². The highest BCUT2D eigenvalue weighted by molar-refractivity contribution is 5.85. The van der Waals surface area contributed by atoms with Crippen LogP contribution in [0.5, 0.6) is 5.75 Å². The molecule has 1 saturated heterocycles. The lowest BCUT2D eigenvalue weighted by molar-refractivity contribution is -0.134. The Kier molecular flexibility index (Phi) is 5.33. The number of hydrogen-bond acceptors (Lipinski definition) is 3. The number of carbonyl (C=O) groups is 1. The molecule has 2 aromatic rings. The molecule has 136 valence electrons. The fourth-order valence-electron chi connectivity index (χ4n) is 3.57. The molecule has 0 bridgehead atoms. The smallest absolute Gasteiger partial charge is 0.225 e. The summed E-state index contributed by atoms with van der Waals surface area (Å²) in [5.74, 6) is 1.49. The van der Waals surface area contributed by atoms with Crippen molar-refractivity contribution in [2.45, 2.75) is 45.1 Å². The van der Waals surface area contributed by atoms with Crippen molar-refractivity contribution in [2.75, 3.05) is 20.2 Å². The van der Waals surface area contributed by atoms with Gasteiger partial charge in [-0.05, 0) is 48.4 Å². The monoisotopic (exact) mass is 344 g/mol. The van der Waals surface area contributed by atoms with E-state index < -0.39 is 6.10 Å². The Morgan fingerprint density at radius 2 is 2.08 bits per heavy atom. The first-order valence-corrected chi connectivity index (χ1v) is 9.10. The number of fused-ring (bicyclic) bond motifs is 1. The quantitative estimate of drug-likeness (QED) is 0.875. The van der Waals surface area contributed by atoms with Crippen LogP contribution in [0.2, 0.25) is 0 Å². The van der Waals surface area contributed by atoms with Crippen molar-refractivity contribution in [2.24, 2.45) is 5.92 Å². The number of benzene rings is 1. The van der Waals surface area contributed by atoms with Crippen molar-refractivity contribution in [3.63, 3.8) is 0 Å². The molecule has 2 N–H and O–H groups in total. The Hall–Kier alpha value is -2.01. The van der Waals surface area contributed by atoms with Crippen molar-refractivity contribution in [3.8, 4) is 5.75 Å². The van der Waals surface area contributed by atoms with Gasteiger partial charge < -0.3 is 19.7 Å². The molecule has 1 fully saturated rings. The second-order valence-electron chi connectivity index (χ2n) is 7.33. The number of rotatable bonds is 5. The molecule has 0 spiro atoms. The number of aliphatic hydroxyl groups is 1. The maximum absolute atomic E-state index is 12.3. The zero-order chi connectivity index (χ0) is 18.0. The minimum absolute atomic E-state index is 0.0697. The molecule has 5 heteroatoms. The van der Waals surface area contributed by atoms with Gasteiger partial charge in [0.05, 0.1) is 19.6 Å². The Morgan fingerprint density at radius 1 is 1.36 bits per heavy atom. The Balaban J connectivity index is 1.65. The van der Waals surface area contributed by atoms with E-state index in [2.05, 4.69) is 17.2 Å². The van der Waals surface area contributed by atoms with Crippen LogP contribution >= 0.6 is 0 Å². The minimum Gasteiger partial charge on any atom is -0.497 e. The first-order chi connectivity index (χ1) is 12.0. The summed E-state index contributed by atoms with van der Waals surface area (Å²) in [6.07, 6.45) is 3.68. The second-order valence-corrected chi connectivity index (χ2v) is 7.33. The summed E-state index contributed by atoms with van der Waals surface area (Å²) >= 11 is 0. The van der Waals surface area contributed by atoms with Crippen LogP contribution in [0.4, 0.5) is 0 Å². The van der Waals surface area contributed by atoms with E-state index in [9.17, 15) is 9.90 Å². The molecule has 0 radical (unpaired) electrons. The summed E-state index contributed by atoms with van der Waals surface area (Å²) < 4.78 is 5.35. The van der Waals surface area contributed by atoms with Crippen LogP contribution in [-0.4, -0.2) is 47.2 Å². The van der Waals surface area contributed by atoms with Gasteiger partial charge in [0.1, 0.15) is 5.75 Å². The third kappa shape index (κ3) is 3.82. The lowest BCUT2D eigenvalue weighted by atomic mass is 9.89. The number of aromatic nitrogens is 1. The van der Waals surface area contributed by atoms with Crippen molar-refractivity contribution in [1.29, 1.82) is 0 Å². The first kappa shape index (κ1) is 17.8. The zero-order valence-electron chi connectivity index (χ0n) is 15.3. The van der Waals surface area contributed by atoms with Crippen LogP contribution in [-0.2, 0) is 4.79 Å². The summed E-state index contributed by atoms with van der Waals surface area (Å²) in [5, 5.41) is 11.1. The molecule has 2 heterocycles. The molecule has 0 saturated carbocycles. The van der Waals surface area contributed by atoms with Gasteiger partial charge >= 0.3 is 0 Å². The number of amides is 1. The molecular weight excluding hydrogens is 316 g/mol. The van der Waals surface area contributed by atoms with Gasteiger partial charge in [-0.15, -0.1) is 0 Å². The van der Waals surface area contributed by atoms with E-state index in [1.54, 1.807) is 7.11 Å². The maximum atomic E-state index is 12.3. The van der Waals surface area contributed by atoms with Crippen LogP contribution in [0.15, 0.2) is 24.4 Å². The number of nitrogens with one attached hydrogen (secondary N) is 1. The van der Waals surface area contributed by atoms with Gasteiger partial charge in [0.2, 0.25) is 5.91 Å². The van der Waals surface area contributed by atoms with E-state index >= 15 is 0 Å². The Morgan fingerprint density at radius 3 is 2.72 bits per heavy atom. The second kappa shape index (κ2) is 7.48. The van der Waals surface area contributed by atoms with Crippen LogP contribution in [0.1, 0.15) is 44.6 Å². The van der Waals surface area contributed by atoms with Crippen LogP contribution < -0.4 is 4.74 Å². The standard InChI is InChI=1S/C20H28N2O3/c1-13(2)19(23)11-20(24)22-8-6-14(7-9-22)17-12-21-18-5-4-15(25-3)10-16(17)18/h4-5,10,12-14,19,21,23H,6-9,11H2,1-3H3. The molecule has 25 heavy (non-hydrogen) atoms. The van der Waals surface area contributed by atoms with Crippen LogP contribution in [0.25, 0.3) is 10.9 Å². The molecule has 1 aliphatic rings. The fraction of sp³-hybridized carbons (Fsp3) is 0.550. The number of carbonyl (C=O) groups excluding carboxylic acids is 1. The average molecular weight is 344 g/mol. The van der Waals surface area contributed by atoms with Gasteiger partial charge in [0, 0.05) is 30.2 Å². The first-order valence-electron chi connectivity index (χ1n) is 9.10. The van der Waals surface area contributed by atoms with E-state index in [1.807, 2.05) is 30.9 Å². The molecule has 1 aromatic carbocycles. The highest BCUT2D eigenvalue weighted by Gasteiger charge is 2.27. The third-order valence-corrected chi connectivity index (χ3v) is 5.36. The lowest BCUT2D eigenvalue weighted by Gasteiger charge is -2.33. The molecular formula is C20H28N2O3. The summed E-state index contributed by atoms with van der Waals surface area (Å²) in [6.45, 7) is 5.39. The summed E-state index contributed by atoms with van der Waals surface area (Å²) in [7, 11) is 1.68. The van der Waals surface area contributed by atoms with Crippen molar-refractivity contribution in [3.05, 3.63) is 30.0 Å². The summed E-state index contributed by atoms with van der Waals surface area (Å²) in [5.41, 5.74) is 2.43. The predicted molar refractivity (Wildman–Crippen MR) is 98.9 cm³/mol. The number of hydrogen-bond donors (Lipinski definition) is 2. The molecule has 0 aliphatic carbocycles. The van der Waals surface area contributed by atoms with E-state index in [0.717, 1.165) is 37.2 Å². The van der Waals surface area contributed by atoms with E-state index in [-0.39, 0.29) is 18.2 Å². The van der Waals surface area contributed by atoms with Gasteiger partial charge in [-0.2, -0.15) is 0 Å². The number of nitrogens with zero attached hydrogens (tertiary/aromatic N) is 1. The zero-order valence-corrected chi connectivity index (χ0v) is 15.3. The molecule has 1 aromatic heterocycles. The highest BCUT2D eigenvalue weighted by atomic mass is 16.5. The molecule has 1 amide bonds. The summed E-state index contributed by atoms with van der Waals surface area (Å²) in [4.78, 5) is 17.6. The Labute approximate surface area is 149 Å².